The summed E-state index contributed by atoms with van der Waals surface area (Å²) in [6.45, 7) is 0. The number of alkyl halides is 3. The zero-order valence-electron chi connectivity index (χ0n) is 8.53. The minimum absolute atomic E-state index is 0.101. The number of rotatable bonds is 2. The maximum absolute atomic E-state index is 12.4. The van der Waals surface area contributed by atoms with Gasteiger partial charge in [0.2, 0.25) is 5.78 Å². The highest BCUT2D eigenvalue weighted by Gasteiger charge is 2.33. The Morgan fingerprint density at radius 2 is 2.06 bits per heavy atom. The minimum Gasteiger partial charge on any atom is -0.287 e. The van der Waals surface area contributed by atoms with E-state index >= 15 is 0 Å². The first kappa shape index (κ1) is 13.0. The molecule has 2 rings (SSSR count). The van der Waals surface area contributed by atoms with Crippen molar-refractivity contribution in [2.24, 2.45) is 0 Å². The van der Waals surface area contributed by atoms with Crippen LogP contribution in [0.3, 0.4) is 0 Å². The Labute approximate surface area is 108 Å². The van der Waals surface area contributed by atoms with Crippen LogP contribution >= 0.6 is 22.9 Å². The van der Waals surface area contributed by atoms with Gasteiger partial charge in [0.15, 0.2) is 0 Å². The smallest absolute Gasteiger partial charge is 0.287 e. The minimum atomic E-state index is -4.59. The molecule has 0 unspecified atom stereocenters. The van der Waals surface area contributed by atoms with E-state index in [2.05, 4.69) is 9.97 Å². The molecule has 0 aromatic carbocycles. The lowest BCUT2D eigenvalue weighted by molar-refractivity contribution is -0.141. The number of pyridine rings is 1. The lowest BCUT2D eigenvalue weighted by Crippen LogP contribution is -2.11. The number of ketones is 1. The normalized spacial score (nSPS) is 11.6. The number of aromatic nitrogens is 2. The van der Waals surface area contributed by atoms with Crippen molar-refractivity contribution in [1.29, 1.82) is 0 Å². The summed E-state index contributed by atoms with van der Waals surface area (Å²) in [7, 11) is 0. The third kappa shape index (κ3) is 2.51. The van der Waals surface area contributed by atoms with Gasteiger partial charge in [0.1, 0.15) is 16.5 Å². The van der Waals surface area contributed by atoms with E-state index in [0.717, 1.165) is 6.07 Å². The molecule has 18 heavy (non-hydrogen) atoms. The van der Waals surface area contributed by atoms with E-state index in [-0.39, 0.29) is 11.3 Å². The average Bonchev–Trinajstić information content (AvgIpc) is 2.80. The third-order valence-corrected chi connectivity index (χ3v) is 2.92. The summed E-state index contributed by atoms with van der Waals surface area (Å²) in [5.41, 5.74) is 0.333. The van der Waals surface area contributed by atoms with Crippen LogP contribution in [0.15, 0.2) is 23.0 Å². The molecule has 0 spiro atoms. The summed E-state index contributed by atoms with van der Waals surface area (Å²) in [5, 5.41) is 0.999. The Kier molecular flexibility index (Phi) is 3.36. The van der Waals surface area contributed by atoms with Crippen molar-refractivity contribution in [3.05, 3.63) is 45.1 Å². The third-order valence-electron chi connectivity index (χ3n) is 2.05. The molecule has 2 aromatic rings. The average molecular weight is 293 g/mol. The molecule has 0 amide bonds. The molecule has 0 atom stereocenters. The Balaban J connectivity index is 2.40. The number of hydrogen-bond donors (Lipinski definition) is 0. The zero-order valence-corrected chi connectivity index (χ0v) is 10.1. The van der Waals surface area contributed by atoms with Crippen molar-refractivity contribution in [2.45, 2.75) is 6.18 Å². The van der Waals surface area contributed by atoms with Crippen LogP contribution in [0.2, 0.25) is 5.15 Å². The van der Waals surface area contributed by atoms with Crippen molar-refractivity contribution in [3.8, 4) is 0 Å². The van der Waals surface area contributed by atoms with Gasteiger partial charge in [0.25, 0.3) is 0 Å². The van der Waals surface area contributed by atoms with Crippen LogP contribution in [0, 0.1) is 0 Å². The van der Waals surface area contributed by atoms with Gasteiger partial charge in [-0.05, 0) is 12.1 Å². The SMILES string of the molecule is O=C(c1cscn1)c1ccc(C(F)(F)F)nc1Cl. The second-order valence-electron chi connectivity index (χ2n) is 3.24. The quantitative estimate of drug-likeness (QED) is 0.629. The van der Waals surface area contributed by atoms with Crippen molar-refractivity contribution in [1.82, 2.24) is 9.97 Å². The van der Waals surface area contributed by atoms with E-state index in [1.807, 2.05) is 0 Å². The molecule has 2 heterocycles. The number of thiazole rings is 1. The van der Waals surface area contributed by atoms with Gasteiger partial charge in [-0.25, -0.2) is 9.97 Å². The molecule has 0 aliphatic heterocycles. The first-order chi connectivity index (χ1) is 8.39. The predicted octanol–water partition coefficient (Wildman–Crippen LogP) is 3.44. The van der Waals surface area contributed by atoms with E-state index in [9.17, 15) is 18.0 Å². The van der Waals surface area contributed by atoms with Gasteiger partial charge in [-0.2, -0.15) is 13.2 Å². The molecule has 3 nitrogen and oxygen atoms in total. The van der Waals surface area contributed by atoms with Gasteiger partial charge in [0, 0.05) is 5.38 Å². The van der Waals surface area contributed by atoms with Gasteiger partial charge in [-0.3, -0.25) is 4.79 Å². The summed E-state index contributed by atoms with van der Waals surface area (Å²) in [6.07, 6.45) is -4.59. The molecular formula is C10H4ClF3N2OS. The van der Waals surface area contributed by atoms with Crippen LogP contribution in [0.1, 0.15) is 21.7 Å². The summed E-state index contributed by atoms with van der Waals surface area (Å²) in [6, 6.07) is 1.71. The molecule has 0 saturated carbocycles. The molecule has 0 fully saturated rings. The van der Waals surface area contributed by atoms with E-state index in [1.54, 1.807) is 0 Å². The molecule has 0 saturated heterocycles. The topological polar surface area (TPSA) is 42.9 Å². The summed E-state index contributed by atoms with van der Waals surface area (Å²) < 4.78 is 37.1. The Hall–Kier alpha value is -1.47. The molecule has 0 bridgehead atoms. The number of nitrogens with zero attached hydrogens (tertiary/aromatic N) is 2. The zero-order chi connectivity index (χ0) is 13.3. The van der Waals surface area contributed by atoms with Crippen molar-refractivity contribution < 1.29 is 18.0 Å². The van der Waals surface area contributed by atoms with Crippen LogP contribution in [-0.2, 0) is 6.18 Å². The van der Waals surface area contributed by atoms with E-state index < -0.39 is 22.8 Å². The maximum Gasteiger partial charge on any atom is 0.433 e. The highest BCUT2D eigenvalue weighted by molar-refractivity contribution is 7.07. The fraction of sp³-hybridized carbons (Fsp3) is 0.100. The van der Waals surface area contributed by atoms with Crippen LogP contribution in [0.25, 0.3) is 0 Å². The highest BCUT2D eigenvalue weighted by atomic mass is 35.5. The Bertz CT molecular complexity index is 583. The molecular weight excluding hydrogens is 289 g/mol. The van der Waals surface area contributed by atoms with Crippen LogP contribution in [0.4, 0.5) is 13.2 Å². The maximum atomic E-state index is 12.4. The first-order valence-corrected chi connectivity index (χ1v) is 5.88. The van der Waals surface area contributed by atoms with E-state index in [0.29, 0.717) is 6.07 Å². The molecule has 2 aromatic heterocycles. The summed E-state index contributed by atoms with van der Waals surface area (Å²) >= 11 is 6.79. The Morgan fingerprint density at radius 1 is 1.33 bits per heavy atom. The monoisotopic (exact) mass is 292 g/mol. The first-order valence-electron chi connectivity index (χ1n) is 4.56. The summed E-state index contributed by atoms with van der Waals surface area (Å²) in [4.78, 5) is 18.8. The van der Waals surface area contributed by atoms with Gasteiger partial charge in [-0.1, -0.05) is 11.6 Å². The highest BCUT2D eigenvalue weighted by Crippen LogP contribution is 2.29. The lowest BCUT2D eigenvalue weighted by Gasteiger charge is -2.07. The number of hydrogen-bond acceptors (Lipinski definition) is 4. The van der Waals surface area contributed by atoms with Crippen LogP contribution < -0.4 is 0 Å². The van der Waals surface area contributed by atoms with Crippen molar-refractivity contribution in [2.75, 3.05) is 0 Å². The second-order valence-corrected chi connectivity index (χ2v) is 4.31. The van der Waals surface area contributed by atoms with Crippen molar-refractivity contribution in [3.63, 3.8) is 0 Å². The standard InChI is InChI=1S/C10H4ClF3N2OS/c11-9-5(8(17)6-3-18-4-15-6)1-2-7(16-9)10(12,13)14/h1-4H. The molecule has 0 N–H and O–H groups in total. The largest absolute Gasteiger partial charge is 0.433 e. The Morgan fingerprint density at radius 3 is 2.56 bits per heavy atom. The van der Waals surface area contributed by atoms with Gasteiger partial charge in [-0.15, -0.1) is 11.3 Å². The number of carbonyl (C=O) groups excluding carboxylic acids is 1. The van der Waals surface area contributed by atoms with E-state index in [1.165, 1.54) is 22.2 Å². The van der Waals surface area contributed by atoms with Crippen LogP contribution in [-0.4, -0.2) is 15.8 Å². The molecule has 94 valence electrons. The van der Waals surface area contributed by atoms with E-state index in [4.69, 9.17) is 11.6 Å². The molecule has 0 aliphatic rings. The number of halogens is 4. The predicted molar refractivity (Wildman–Crippen MR) is 59.8 cm³/mol. The lowest BCUT2D eigenvalue weighted by atomic mass is 10.1. The second kappa shape index (κ2) is 4.66. The van der Waals surface area contributed by atoms with Crippen molar-refractivity contribution >= 4 is 28.7 Å². The van der Waals surface area contributed by atoms with Crippen LogP contribution in [0.5, 0.6) is 0 Å². The van der Waals surface area contributed by atoms with Gasteiger partial charge < -0.3 is 0 Å². The fourth-order valence-corrected chi connectivity index (χ4v) is 2.00. The number of carbonyl (C=O) groups is 1. The van der Waals surface area contributed by atoms with Gasteiger partial charge in [0.05, 0.1) is 11.1 Å². The molecule has 0 aliphatic carbocycles. The molecule has 8 heteroatoms. The summed E-state index contributed by atoms with van der Waals surface area (Å²) in [5.74, 6) is -0.553. The fourth-order valence-electron chi connectivity index (χ4n) is 1.22. The van der Waals surface area contributed by atoms with Gasteiger partial charge >= 0.3 is 6.18 Å². The molecule has 0 radical (unpaired) electrons.